The summed E-state index contributed by atoms with van der Waals surface area (Å²) in [5, 5.41) is 2.70. The van der Waals surface area contributed by atoms with Gasteiger partial charge in [-0.1, -0.05) is 0 Å². The number of nitrogens with one attached hydrogen (secondary N) is 1. The molecule has 0 aliphatic rings. The quantitative estimate of drug-likeness (QED) is 0.922. The van der Waals surface area contributed by atoms with Crippen LogP contribution in [0.15, 0.2) is 41.1 Å². The highest BCUT2D eigenvalue weighted by molar-refractivity contribution is 9.10. The van der Waals surface area contributed by atoms with Crippen LogP contribution in [0.1, 0.15) is 15.9 Å². The first kappa shape index (κ1) is 12.7. The van der Waals surface area contributed by atoms with Crippen LogP contribution in [0, 0.1) is 12.7 Å². The largest absolute Gasteiger partial charge is 0.321 e. The van der Waals surface area contributed by atoms with Gasteiger partial charge < -0.3 is 5.32 Å². The van der Waals surface area contributed by atoms with Gasteiger partial charge in [-0.25, -0.2) is 4.39 Å². The maximum atomic E-state index is 13.1. The molecule has 92 valence electrons. The van der Waals surface area contributed by atoms with E-state index in [1.807, 2.05) is 13.0 Å². The number of aromatic nitrogens is 1. The SMILES string of the molecule is Cc1cncc(NC(=O)c2ccc(F)c(Br)c2)c1. The van der Waals surface area contributed by atoms with E-state index in [9.17, 15) is 9.18 Å². The smallest absolute Gasteiger partial charge is 0.255 e. The maximum absolute atomic E-state index is 13.1. The van der Waals surface area contributed by atoms with Crippen LogP contribution < -0.4 is 5.32 Å². The zero-order valence-electron chi connectivity index (χ0n) is 9.58. The lowest BCUT2D eigenvalue weighted by atomic mass is 10.2. The lowest BCUT2D eigenvalue weighted by Crippen LogP contribution is -2.12. The summed E-state index contributed by atoms with van der Waals surface area (Å²) in [6.07, 6.45) is 3.26. The number of rotatable bonds is 2. The molecule has 1 N–H and O–H groups in total. The number of pyridine rings is 1. The van der Waals surface area contributed by atoms with Crippen LogP contribution in [-0.4, -0.2) is 10.9 Å². The molecule has 0 spiro atoms. The Morgan fingerprint density at radius 1 is 1.33 bits per heavy atom. The summed E-state index contributed by atoms with van der Waals surface area (Å²) >= 11 is 3.04. The summed E-state index contributed by atoms with van der Waals surface area (Å²) in [5.41, 5.74) is 1.94. The lowest BCUT2D eigenvalue weighted by Gasteiger charge is -2.06. The van der Waals surface area contributed by atoms with E-state index in [0.29, 0.717) is 11.3 Å². The third-order valence-corrected chi connectivity index (χ3v) is 2.92. The van der Waals surface area contributed by atoms with Gasteiger partial charge in [0.2, 0.25) is 0 Å². The second-order valence-electron chi connectivity index (χ2n) is 3.83. The van der Waals surface area contributed by atoms with Crippen molar-refractivity contribution >= 4 is 27.5 Å². The second kappa shape index (κ2) is 5.27. The number of hydrogen-bond acceptors (Lipinski definition) is 2. The Labute approximate surface area is 112 Å². The second-order valence-corrected chi connectivity index (χ2v) is 4.69. The normalized spacial score (nSPS) is 10.2. The van der Waals surface area contributed by atoms with Crippen molar-refractivity contribution in [2.75, 3.05) is 5.32 Å². The van der Waals surface area contributed by atoms with Gasteiger partial charge in [-0.05, 0) is 52.7 Å². The number of halogens is 2. The predicted octanol–water partition coefficient (Wildman–Crippen LogP) is 3.54. The van der Waals surface area contributed by atoms with Gasteiger partial charge in [0.05, 0.1) is 16.4 Å². The zero-order chi connectivity index (χ0) is 13.1. The molecule has 2 rings (SSSR count). The lowest BCUT2D eigenvalue weighted by molar-refractivity contribution is 0.102. The van der Waals surface area contributed by atoms with E-state index in [1.54, 1.807) is 12.4 Å². The van der Waals surface area contributed by atoms with Crippen LogP contribution in [0.25, 0.3) is 0 Å². The summed E-state index contributed by atoms with van der Waals surface area (Å²) in [4.78, 5) is 15.9. The molecule has 0 unspecified atom stereocenters. The molecular formula is C13H10BrFN2O. The summed E-state index contributed by atoms with van der Waals surface area (Å²) < 4.78 is 13.3. The molecule has 0 saturated heterocycles. The highest BCUT2D eigenvalue weighted by Gasteiger charge is 2.09. The van der Waals surface area contributed by atoms with Gasteiger partial charge >= 0.3 is 0 Å². The van der Waals surface area contributed by atoms with Gasteiger partial charge in [-0.2, -0.15) is 0 Å². The topological polar surface area (TPSA) is 42.0 Å². The predicted molar refractivity (Wildman–Crippen MR) is 71.0 cm³/mol. The van der Waals surface area contributed by atoms with E-state index in [2.05, 4.69) is 26.2 Å². The first-order valence-corrected chi connectivity index (χ1v) is 6.03. The van der Waals surface area contributed by atoms with Gasteiger partial charge in [0, 0.05) is 11.8 Å². The van der Waals surface area contributed by atoms with Crippen molar-refractivity contribution < 1.29 is 9.18 Å². The fourth-order valence-corrected chi connectivity index (χ4v) is 1.84. The average Bonchev–Trinajstić information content (AvgIpc) is 2.32. The van der Waals surface area contributed by atoms with Crippen molar-refractivity contribution in [3.05, 3.63) is 58.1 Å². The fourth-order valence-electron chi connectivity index (χ4n) is 1.46. The van der Waals surface area contributed by atoms with E-state index < -0.39 is 5.82 Å². The molecule has 5 heteroatoms. The summed E-state index contributed by atoms with van der Waals surface area (Å²) in [6, 6.07) is 5.92. The Morgan fingerprint density at radius 2 is 2.11 bits per heavy atom. The molecular weight excluding hydrogens is 299 g/mol. The molecule has 1 aromatic carbocycles. The number of anilines is 1. The molecule has 0 saturated carbocycles. The molecule has 1 aromatic heterocycles. The molecule has 2 aromatic rings. The molecule has 3 nitrogen and oxygen atoms in total. The van der Waals surface area contributed by atoms with Gasteiger partial charge in [-0.3, -0.25) is 9.78 Å². The Hall–Kier alpha value is -1.75. The minimum absolute atomic E-state index is 0.262. The highest BCUT2D eigenvalue weighted by Crippen LogP contribution is 2.18. The van der Waals surface area contributed by atoms with Gasteiger partial charge in [-0.15, -0.1) is 0 Å². The summed E-state index contributed by atoms with van der Waals surface area (Å²) in [5.74, 6) is -0.702. The van der Waals surface area contributed by atoms with Crippen LogP contribution in [0.5, 0.6) is 0 Å². The fraction of sp³-hybridized carbons (Fsp3) is 0.0769. The number of benzene rings is 1. The minimum Gasteiger partial charge on any atom is -0.321 e. The number of amides is 1. The number of nitrogens with zero attached hydrogens (tertiary/aromatic N) is 1. The van der Waals surface area contributed by atoms with Crippen LogP contribution in [0.4, 0.5) is 10.1 Å². The first-order valence-electron chi connectivity index (χ1n) is 5.24. The molecule has 18 heavy (non-hydrogen) atoms. The van der Waals surface area contributed by atoms with Crippen LogP contribution in [-0.2, 0) is 0 Å². The maximum Gasteiger partial charge on any atom is 0.255 e. The number of aryl methyl sites for hydroxylation is 1. The molecule has 0 fully saturated rings. The number of carbonyl (C=O) groups excluding carboxylic acids is 1. The van der Waals surface area contributed by atoms with Crippen molar-refractivity contribution in [2.45, 2.75) is 6.92 Å². The summed E-state index contributed by atoms with van der Waals surface area (Å²) in [7, 11) is 0. The van der Waals surface area contributed by atoms with Gasteiger partial charge in [0.25, 0.3) is 5.91 Å². The molecule has 0 radical (unpaired) electrons. The van der Waals surface area contributed by atoms with Crippen LogP contribution in [0.2, 0.25) is 0 Å². The van der Waals surface area contributed by atoms with Gasteiger partial charge in [0.15, 0.2) is 0 Å². The number of hydrogen-bond donors (Lipinski definition) is 1. The summed E-state index contributed by atoms with van der Waals surface area (Å²) in [6.45, 7) is 1.89. The van der Waals surface area contributed by atoms with Crippen molar-refractivity contribution in [3.8, 4) is 0 Å². The molecule has 0 aliphatic heterocycles. The molecule has 0 bridgehead atoms. The van der Waals surface area contributed by atoms with Crippen molar-refractivity contribution in [1.82, 2.24) is 4.98 Å². The number of carbonyl (C=O) groups is 1. The monoisotopic (exact) mass is 308 g/mol. The third kappa shape index (κ3) is 2.92. The Kier molecular flexibility index (Phi) is 3.72. The van der Waals surface area contributed by atoms with Crippen molar-refractivity contribution in [3.63, 3.8) is 0 Å². The Balaban J connectivity index is 2.19. The molecule has 0 aliphatic carbocycles. The van der Waals surface area contributed by atoms with Crippen molar-refractivity contribution in [1.29, 1.82) is 0 Å². The molecule has 1 amide bonds. The van der Waals surface area contributed by atoms with Crippen LogP contribution >= 0.6 is 15.9 Å². The molecule has 1 heterocycles. The van der Waals surface area contributed by atoms with E-state index in [1.165, 1.54) is 18.2 Å². The molecule has 0 atom stereocenters. The standard InChI is InChI=1S/C13H10BrFN2O/c1-8-4-10(7-16-6-8)17-13(18)9-2-3-12(15)11(14)5-9/h2-7H,1H3,(H,17,18). The average molecular weight is 309 g/mol. The zero-order valence-corrected chi connectivity index (χ0v) is 11.2. The van der Waals surface area contributed by atoms with E-state index >= 15 is 0 Å². The van der Waals surface area contributed by atoms with E-state index in [-0.39, 0.29) is 10.4 Å². The van der Waals surface area contributed by atoms with Gasteiger partial charge in [0.1, 0.15) is 5.82 Å². The minimum atomic E-state index is -0.399. The van der Waals surface area contributed by atoms with E-state index in [0.717, 1.165) is 5.56 Å². The highest BCUT2D eigenvalue weighted by atomic mass is 79.9. The Bertz CT molecular complexity index is 601. The Morgan fingerprint density at radius 3 is 2.78 bits per heavy atom. The van der Waals surface area contributed by atoms with Crippen LogP contribution in [0.3, 0.4) is 0 Å². The first-order chi connectivity index (χ1) is 8.56. The van der Waals surface area contributed by atoms with E-state index in [4.69, 9.17) is 0 Å². The van der Waals surface area contributed by atoms with Crippen molar-refractivity contribution in [2.24, 2.45) is 0 Å². The third-order valence-electron chi connectivity index (χ3n) is 2.31.